The van der Waals surface area contributed by atoms with Crippen LogP contribution in [0.15, 0.2) is 41.1 Å². The van der Waals surface area contributed by atoms with Gasteiger partial charge in [0.25, 0.3) is 5.89 Å². The fourth-order valence-corrected chi connectivity index (χ4v) is 2.16. The molecule has 0 saturated heterocycles. The zero-order chi connectivity index (χ0) is 18.0. The van der Waals surface area contributed by atoms with Gasteiger partial charge in [-0.3, -0.25) is 0 Å². The Bertz CT molecular complexity index is 864. The Hall–Kier alpha value is -3.03. The second-order valence-electron chi connectivity index (χ2n) is 6.60. The van der Waals surface area contributed by atoms with E-state index in [4.69, 9.17) is 9.26 Å². The third-order valence-electron chi connectivity index (χ3n) is 3.48. The van der Waals surface area contributed by atoms with Crippen molar-refractivity contribution in [2.45, 2.75) is 39.3 Å². The second kappa shape index (κ2) is 6.46. The molecule has 0 N–H and O–H groups in total. The molecule has 2 aromatic heterocycles. The van der Waals surface area contributed by atoms with Crippen molar-refractivity contribution >= 4 is 5.97 Å². The van der Waals surface area contributed by atoms with Crippen LogP contribution in [0.25, 0.3) is 0 Å². The molecule has 0 unspecified atom stereocenters. The maximum absolute atomic E-state index is 12.5. The molecule has 0 fully saturated rings. The van der Waals surface area contributed by atoms with Crippen LogP contribution in [-0.2, 0) is 10.3 Å². The molecule has 25 heavy (non-hydrogen) atoms. The van der Waals surface area contributed by atoms with E-state index in [0.29, 0.717) is 5.82 Å². The predicted molar refractivity (Wildman–Crippen MR) is 87.8 cm³/mol. The molecule has 0 aliphatic heterocycles. The number of carbonyl (C=O) groups excluding carboxylic acids is 1. The van der Waals surface area contributed by atoms with Crippen molar-refractivity contribution in [1.29, 1.82) is 0 Å². The van der Waals surface area contributed by atoms with E-state index < -0.39 is 12.1 Å². The molecule has 130 valence electrons. The topological polar surface area (TPSA) is 95.9 Å². The van der Waals surface area contributed by atoms with Gasteiger partial charge < -0.3 is 9.26 Å². The van der Waals surface area contributed by atoms with Gasteiger partial charge in [0, 0.05) is 5.56 Å². The molecule has 0 saturated carbocycles. The van der Waals surface area contributed by atoms with Crippen LogP contribution in [0, 0.1) is 6.92 Å². The monoisotopic (exact) mass is 341 g/mol. The molecule has 8 heteroatoms. The molecule has 3 rings (SSSR count). The van der Waals surface area contributed by atoms with Crippen molar-refractivity contribution in [3.63, 3.8) is 0 Å². The van der Waals surface area contributed by atoms with Gasteiger partial charge in [0.2, 0.25) is 6.10 Å². The molecule has 8 nitrogen and oxygen atoms in total. The highest BCUT2D eigenvalue weighted by Gasteiger charge is 2.27. The van der Waals surface area contributed by atoms with E-state index in [-0.39, 0.29) is 17.1 Å². The van der Waals surface area contributed by atoms with Crippen LogP contribution in [0.5, 0.6) is 0 Å². The van der Waals surface area contributed by atoms with Crippen LogP contribution in [0.1, 0.15) is 54.6 Å². The highest BCUT2D eigenvalue weighted by Crippen LogP contribution is 2.26. The highest BCUT2D eigenvalue weighted by atomic mass is 16.6. The van der Waals surface area contributed by atoms with Crippen molar-refractivity contribution in [3.8, 4) is 0 Å². The van der Waals surface area contributed by atoms with Gasteiger partial charge in [0.15, 0.2) is 11.5 Å². The molecule has 0 radical (unpaired) electrons. The number of aryl methyl sites for hydroxylation is 1. The molecule has 1 atom stereocenters. The zero-order valence-corrected chi connectivity index (χ0v) is 14.5. The Balaban J connectivity index is 1.88. The Kier molecular flexibility index (Phi) is 4.35. The summed E-state index contributed by atoms with van der Waals surface area (Å²) in [6.45, 7) is 7.59. The third kappa shape index (κ3) is 3.73. The Morgan fingerprint density at radius 3 is 2.52 bits per heavy atom. The van der Waals surface area contributed by atoms with Crippen molar-refractivity contribution in [3.05, 3.63) is 59.5 Å². The summed E-state index contributed by atoms with van der Waals surface area (Å²) in [5.74, 6) is 0.0612. The van der Waals surface area contributed by atoms with E-state index in [0.717, 1.165) is 5.56 Å². The lowest BCUT2D eigenvalue weighted by Gasteiger charge is -2.17. The zero-order valence-electron chi connectivity index (χ0n) is 14.5. The van der Waals surface area contributed by atoms with Gasteiger partial charge >= 0.3 is 5.97 Å². The molecular formula is C17H19N5O3. The first-order chi connectivity index (χ1) is 11.8. The molecule has 2 heterocycles. The van der Waals surface area contributed by atoms with Crippen LogP contribution >= 0.6 is 0 Å². The normalized spacial score (nSPS) is 12.8. The first-order valence-electron chi connectivity index (χ1n) is 7.83. The molecule has 0 aliphatic rings. The van der Waals surface area contributed by atoms with E-state index in [1.165, 1.54) is 0 Å². The van der Waals surface area contributed by atoms with E-state index in [9.17, 15) is 4.79 Å². The smallest absolute Gasteiger partial charge is 0.361 e. The minimum atomic E-state index is -0.810. The summed E-state index contributed by atoms with van der Waals surface area (Å²) in [6, 6.07) is 9.20. The maximum Gasteiger partial charge on any atom is 0.361 e. The van der Waals surface area contributed by atoms with Gasteiger partial charge in [-0.15, -0.1) is 5.10 Å². The highest BCUT2D eigenvalue weighted by molar-refractivity contribution is 5.87. The summed E-state index contributed by atoms with van der Waals surface area (Å²) in [6.07, 6.45) is 0.749. The molecule has 1 aromatic carbocycles. The number of benzene rings is 1. The van der Waals surface area contributed by atoms with Gasteiger partial charge in [0.05, 0.1) is 11.7 Å². The van der Waals surface area contributed by atoms with Crippen LogP contribution in [0.2, 0.25) is 0 Å². The largest absolute Gasteiger partial charge is 0.442 e. The van der Waals surface area contributed by atoms with E-state index >= 15 is 0 Å². The summed E-state index contributed by atoms with van der Waals surface area (Å²) >= 11 is 0. The van der Waals surface area contributed by atoms with Crippen LogP contribution in [-0.4, -0.2) is 31.1 Å². The number of nitrogens with zero attached hydrogens (tertiary/aromatic N) is 5. The number of hydrogen-bond acceptors (Lipinski definition) is 7. The van der Waals surface area contributed by atoms with Crippen molar-refractivity contribution < 1.29 is 14.1 Å². The van der Waals surface area contributed by atoms with Gasteiger partial charge in [-0.05, 0) is 27.7 Å². The van der Waals surface area contributed by atoms with Gasteiger partial charge in [-0.25, -0.2) is 9.48 Å². The quantitative estimate of drug-likeness (QED) is 0.673. The number of hydrogen-bond donors (Lipinski definition) is 0. The fraction of sp³-hybridized carbons (Fsp3) is 0.353. The molecule has 0 aliphatic carbocycles. The minimum absolute atomic E-state index is 0.118. The standard InChI is InChI=1S/C17H19N5O3/c1-11-18-15(25-20-11)14(12-8-6-5-7-9-12)24-16(23)13-10-22(21-19-13)17(2,3)4/h5-10,14H,1-4H3/t14-/m0/s1. The first kappa shape index (κ1) is 16.8. The van der Waals surface area contributed by atoms with Crippen LogP contribution in [0.4, 0.5) is 0 Å². The molecule has 0 bridgehead atoms. The molecular weight excluding hydrogens is 322 g/mol. The van der Waals surface area contributed by atoms with Gasteiger partial charge in [0.1, 0.15) is 0 Å². The molecule has 0 spiro atoms. The third-order valence-corrected chi connectivity index (χ3v) is 3.48. The Morgan fingerprint density at radius 2 is 1.96 bits per heavy atom. The van der Waals surface area contributed by atoms with Crippen molar-refractivity contribution in [2.75, 3.05) is 0 Å². The average molecular weight is 341 g/mol. The summed E-state index contributed by atoms with van der Waals surface area (Å²) in [5, 5.41) is 11.6. The first-order valence-corrected chi connectivity index (χ1v) is 7.83. The maximum atomic E-state index is 12.5. The summed E-state index contributed by atoms with van der Waals surface area (Å²) in [5.41, 5.74) is 0.559. The molecule has 3 aromatic rings. The second-order valence-corrected chi connectivity index (χ2v) is 6.60. The van der Waals surface area contributed by atoms with Crippen molar-refractivity contribution in [2.24, 2.45) is 0 Å². The SMILES string of the molecule is Cc1noc([C@@H](OC(=O)c2cn(C(C)(C)C)nn2)c2ccccc2)n1. The van der Waals surface area contributed by atoms with Crippen molar-refractivity contribution in [1.82, 2.24) is 25.1 Å². The summed E-state index contributed by atoms with van der Waals surface area (Å²) < 4.78 is 12.4. The Morgan fingerprint density at radius 1 is 1.24 bits per heavy atom. The van der Waals surface area contributed by atoms with E-state index in [1.54, 1.807) is 17.8 Å². The number of carbonyl (C=O) groups is 1. The lowest BCUT2D eigenvalue weighted by molar-refractivity contribution is 0.0307. The number of rotatable bonds is 4. The number of ether oxygens (including phenoxy) is 1. The predicted octanol–water partition coefficient (Wildman–Crippen LogP) is 2.67. The van der Waals surface area contributed by atoms with Gasteiger partial charge in [-0.2, -0.15) is 4.98 Å². The Labute approximate surface area is 144 Å². The number of aromatic nitrogens is 5. The summed E-state index contributed by atoms with van der Waals surface area (Å²) in [4.78, 5) is 16.7. The van der Waals surface area contributed by atoms with Crippen LogP contribution < -0.4 is 0 Å². The van der Waals surface area contributed by atoms with Crippen LogP contribution in [0.3, 0.4) is 0 Å². The average Bonchev–Trinajstić information content (AvgIpc) is 3.22. The minimum Gasteiger partial charge on any atom is -0.442 e. The van der Waals surface area contributed by atoms with E-state index in [1.807, 2.05) is 51.1 Å². The fourth-order valence-electron chi connectivity index (χ4n) is 2.16. The lowest BCUT2D eigenvalue weighted by Crippen LogP contribution is -2.22. The molecule has 0 amide bonds. The number of esters is 1. The lowest BCUT2D eigenvalue weighted by atomic mass is 10.1. The van der Waals surface area contributed by atoms with Gasteiger partial charge in [-0.1, -0.05) is 40.7 Å². The summed E-state index contributed by atoms with van der Waals surface area (Å²) in [7, 11) is 0. The van der Waals surface area contributed by atoms with E-state index in [2.05, 4.69) is 20.5 Å².